The zero-order valence-corrected chi connectivity index (χ0v) is 9.79. The van der Waals surface area contributed by atoms with Crippen LogP contribution in [0.3, 0.4) is 0 Å². The van der Waals surface area contributed by atoms with E-state index < -0.39 is 11.7 Å². The lowest BCUT2D eigenvalue weighted by Gasteiger charge is -2.23. The third-order valence-electron chi connectivity index (χ3n) is 2.16. The molecule has 1 heterocycles. The Hall–Kier alpha value is -0.810. The molecule has 1 aliphatic heterocycles. The number of amides is 1. The van der Waals surface area contributed by atoms with Gasteiger partial charge in [0.25, 0.3) is 0 Å². The van der Waals surface area contributed by atoms with Crippen molar-refractivity contribution in [3.05, 3.63) is 0 Å². The molecule has 0 radical (unpaired) electrons. The lowest BCUT2D eigenvalue weighted by Crippen LogP contribution is -2.45. The summed E-state index contributed by atoms with van der Waals surface area (Å²) < 4.78 is 10.4. The van der Waals surface area contributed by atoms with Gasteiger partial charge < -0.3 is 20.1 Å². The monoisotopic (exact) mass is 216 g/mol. The van der Waals surface area contributed by atoms with Gasteiger partial charge in [-0.1, -0.05) is 0 Å². The molecule has 1 saturated heterocycles. The first-order valence-electron chi connectivity index (χ1n) is 5.15. The van der Waals surface area contributed by atoms with Crippen molar-refractivity contribution in [3.8, 4) is 0 Å². The number of rotatable bonds is 2. The van der Waals surface area contributed by atoms with Crippen LogP contribution in [-0.4, -0.2) is 44.0 Å². The average molecular weight is 216 g/mol. The molecule has 0 spiro atoms. The van der Waals surface area contributed by atoms with Crippen LogP contribution in [0.4, 0.5) is 4.79 Å². The first-order valence-corrected chi connectivity index (χ1v) is 5.15. The van der Waals surface area contributed by atoms with Gasteiger partial charge in [-0.2, -0.15) is 0 Å². The molecule has 1 fully saturated rings. The number of methoxy groups -OCH3 is 1. The van der Waals surface area contributed by atoms with Crippen LogP contribution in [0.25, 0.3) is 0 Å². The summed E-state index contributed by atoms with van der Waals surface area (Å²) in [7, 11) is 1.64. The van der Waals surface area contributed by atoms with Crippen molar-refractivity contribution in [2.45, 2.75) is 38.5 Å². The van der Waals surface area contributed by atoms with Gasteiger partial charge in [0.2, 0.25) is 0 Å². The summed E-state index contributed by atoms with van der Waals surface area (Å²) in [6.07, 6.45) is -0.365. The van der Waals surface area contributed by atoms with Gasteiger partial charge in [0.1, 0.15) is 5.60 Å². The summed E-state index contributed by atoms with van der Waals surface area (Å²) in [5, 5.41) is 5.93. The summed E-state index contributed by atoms with van der Waals surface area (Å²) in [5.74, 6) is 0. The topological polar surface area (TPSA) is 59.6 Å². The first-order chi connectivity index (χ1) is 6.92. The van der Waals surface area contributed by atoms with Gasteiger partial charge in [0.15, 0.2) is 0 Å². The molecule has 1 aliphatic rings. The first kappa shape index (κ1) is 12.3. The summed E-state index contributed by atoms with van der Waals surface area (Å²) in [4.78, 5) is 11.5. The maximum absolute atomic E-state index is 11.5. The van der Waals surface area contributed by atoms with E-state index in [4.69, 9.17) is 9.47 Å². The Labute approximate surface area is 90.5 Å². The SMILES string of the molecule is COC1CNC[C@@H]1NC(=O)OC(C)(C)C. The summed E-state index contributed by atoms with van der Waals surface area (Å²) in [5.41, 5.74) is -0.460. The van der Waals surface area contributed by atoms with E-state index in [1.54, 1.807) is 7.11 Å². The van der Waals surface area contributed by atoms with Crippen molar-refractivity contribution < 1.29 is 14.3 Å². The van der Waals surface area contributed by atoms with Gasteiger partial charge >= 0.3 is 6.09 Å². The third kappa shape index (κ3) is 4.05. The smallest absolute Gasteiger partial charge is 0.408 e. The predicted molar refractivity (Wildman–Crippen MR) is 56.8 cm³/mol. The van der Waals surface area contributed by atoms with Crippen molar-refractivity contribution >= 4 is 6.09 Å². The number of nitrogens with one attached hydrogen (secondary N) is 2. The Morgan fingerprint density at radius 1 is 1.40 bits per heavy atom. The predicted octanol–water partition coefficient (Wildman–Crippen LogP) is 0.498. The van der Waals surface area contributed by atoms with E-state index in [-0.39, 0.29) is 12.1 Å². The molecule has 1 unspecified atom stereocenters. The van der Waals surface area contributed by atoms with Gasteiger partial charge in [-0.15, -0.1) is 0 Å². The number of hydrogen-bond acceptors (Lipinski definition) is 4. The molecule has 0 bridgehead atoms. The van der Waals surface area contributed by atoms with Crippen LogP contribution in [0.15, 0.2) is 0 Å². The van der Waals surface area contributed by atoms with Crippen molar-refractivity contribution in [1.29, 1.82) is 0 Å². The highest BCUT2D eigenvalue weighted by atomic mass is 16.6. The summed E-state index contributed by atoms with van der Waals surface area (Å²) in [6, 6.07) is -0.00940. The summed E-state index contributed by atoms with van der Waals surface area (Å²) >= 11 is 0. The van der Waals surface area contributed by atoms with E-state index in [0.717, 1.165) is 13.1 Å². The number of ether oxygens (including phenoxy) is 2. The highest BCUT2D eigenvalue weighted by molar-refractivity contribution is 5.68. The number of carbonyl (C=O) groups excluding carboxylic acids is 1. The van der Waals surface area contributed by atoms with Crippen LogP contribution < -0.4 is 10.6 Å². The Bertz CT molecular complexity index is 225. The highest BCUT2D eigenvalue weighted by Crippen LogP contribution is 2.09. The van der Waals surface area contributed by atoms with Crippen LogP contribution in [-0.2, 0) is 9.47 Å². The molecule has 15 heavy (non-hydrogen) atoms. The van der Waals surface area contributed by atoms with Gasteiger partial charge in [0, 0.05) is 20.2 Å². The molecule has 2 N–H and O–H groups in total. The molecule has 1 amide bonds. The minimum Gasteiger partial charge on any atom is -0.444 e. The van der Waals surface area contributed by atoms with Crippen LogP contribution in [0, 0.1) is 0 Å². The number of hydrogen-bond donors (Lipinski definition) is 2. The normalized spacial score (nSPS) is 26.4. The second-order valence-electron chi connectivity index (χ2n) is 4.69. The standard InChI is InChI=1S/C10H20N2O3/c1-10(2,3)15-9(13)12-7-5-11-6-8(7)14-4/h7-8,11H,5-6H2,1-4H3,(H,12,13)/t7-,8?/m0/s1. The van der Waals surface area contributed by atoms with Crippen molar-refractivity contribution in [1.82, 2.24) is 10.6 Å². The summed E-state index contributed by atoms with van der Waals surface area (Å²) in [6.45, 7) is 7.00. The fourth-order valence-corrected chi connectivity index (χ4v) is 1.51. The van der Waals surface area contributed by atoms with Gasteiger partial charge in [0.05, 0.1) is 12.1 Å². The molecule has 0 saturated carbocycles. The highest BCUT2D eigenvalue weighted by Gasteiger charge is 2.29. The Morgan fingerprint density at radius 3 is 2.60 bits per heavy atom. The molecular weight excluding hydrogens is 196 g/mol. The number of carbonyl (C=O) groups is 1. The largest absolute Gasteiger partial charge is 0.444 e. The van der Waals surface area contributed by atoms with E-state index in [2.05, 4.69) is 10.6 Å². The maximum atomic E-state index is 11.5. The molecule has 0 aromatic carbocycles. The van der Waals surface area contributed by atoms with Crippen LogP contribution >= 0.6 is 0 Å². The van der Waals surface area contributed by atoms with E-state index in [9.17, 15) is 4.79 Å². The molecule has 5 nitrogen and oxygen atoms in total. The van der Waals surface area contributed by atoms with Crippen LogP contribution in [0.5, 0.6) is 0 Å². The molecule has 0 aromatic rings. The second kappa shape index (κ2) is 4.81. The van der Waals surface area contributed by atoms with E-state index >= 15 is 0 Å². The van der Waals surface area contributed by atoms with Crippen LogP contribution in [0.1, 0.15) is 20.8 Å². The average Bonchev–Trinajstić information content (AvgIpc) is 2.48. The zero-order valence-electron chi connectivity index (χ0n) is 9.79. The molecule has 88 valence electrons. The zero-order chi connectivity index (χ0) is 11.5. The molecule has 0 aromatic heterocycles. The Morgan fingerprint density at radius 2 is 2.07 bits per heavy atom. The molecule has 1 rings (SSSR count). The van der Waals surface area contributed by atoms with E-state index in [1.807, 2.05) is 20.8 Å². The molecule has 2 atom stereocenters. The maximum Gasteiger partial charge on any atom is 0.408 e. The fraction of sp³-hybridized carbons (Fsp3) is 0.900. The molecule has 5 heteroatoms. The molecular formula is C10H20N2O3. The fourth-order valence-electron chi connectivity index (χ4n) is 1.51. The van der Waals surface area contributed by atoms with Crippen LogP contribution in [0.2, 0.25) is 0 Å². The second-order valence-corrected chi connectivity index (χ2v) is 4.69. The quantitative estimate of drug-likeness (QED) is 0.705. The molecule has 0 aliphatic carbocycles. The van der Waals surface area contributed by atoms with E-state index in [0.29, 0.717) is 0 Å². The lowest BCUT2D eigenvalue weighted by molar-refractivity contribution is 0.0417. The van der Waals surface area contributed by atoms with Crippen molar-refractivity contribution in [2.75, 3.05) is 20.2 Å². The van der Waals surface area contributed by atoms with E-state index in [1.165, 1.54) is 0 Å². The van der Waals surface area contributed by atoms with Crippen molar-refractivity contribution in [3.63, 3.8) is 0 Å². The van der Waals surface area contributed by atoms with Gasteiger partial charge in [-0.05, 0) is 20.8 Å². The Kier molecular flexibility index (Phi) is 3.93. The lowest BCUT2D eigenvalue weighted by atomic mass is 10.2. The minimum atomic E-state index is -0.460. The number of alkyl carbamates (subject to hydrolysis) is 1. The van der Waals surface area contributed by atoms with Gasteiger partial charge in [-0.25, -0.2) is 4.79 Å². The van der Waals surface area contributed by atoms with Crippen molar-refractivity contribution in [2.24, 2.45) is 0 Å². The Balaban J connectivity index is 2.37. The third-order valence-corrected chi connectivity index (χ3v) is 2.16. The minimum absolute atomic E-state index is 0.00940. The van der Waals surface area contributed by atoms with Gasteiger partial charge in [-0.3, -0.25) is 0 Å².